The zero-order valence-electron chi connectivity index (χ0n) is 16.6. The third kappa shape index (κ3) is 5.84. The van der Waals surface area contributed by atoms with Crippen LogP contribution in [0.1, 0.15) is 21.5 Å². The number of hydrazone groups is 1. The number of hydrogen-bond acceptors (Lipinski definition) is 5. The lowest BCUT2D eigenvalue weighted by molar-refractivity contribution is 0.0955. The van der Waals surface area contributed by atoms with Gasteiger partial charge >= 0.3 is 0 Å². The highest BCUT2D eigenvalue weighted by Gasteiger charge is 2.07. The number of rotatable bonds is 8. The molecule has 0 aliphatic rings. The molecule has 0 saturated heterocycles. The number of carbonyl (C=O) groups is 1. The van der Waals surface area contributed by atoms with E-state index in [4.69, 9.17) is 14.2 Å². The molecular weight excluding hydrogens is 448 g/mol. The van der Waals surface area contributed by atoms with Crippen molar-refractivity contribution in [1.82, 2.24) is 5.43 Å². The summed E-state index contributed by atoms with van der Waals surface area (Å²) in [6.45, 7) is 0.401. The van der Waals surface area contributed by atoms with Gasteiger partial charge in [-0.1, -0.05) is 28.1 Å². The first kappa shape index (κ1) is 21.4. The summed E-state index contributed by atoms with van der Waals surface area (Å²) in [5, 5.41) is 4.03. The molecule has 0 heterocycles. The van der Waals surface area contributed by atoms with E-state index >= 15 is 0 Å². The van der Waals surface area contributed by atoms with Crippen LogP contribution in [0.15, 0.2) is 76.3 Å². The lowest BCUT2D eigenvalue weighted by Crippen LogP contribution is -2.17. The number of methoxy groups -OCH3 is 2. The van der Waals surface area contributed by atoms with Gasteiger partial charge < -0.3 is 14.2 Å². The zero-order chi connectivity index (χ0) is 21.3. The van der Waals surface area contributed by atoms with Crippen LogP contribution in [0.5, 0.6) is 17.2 Å². The predicted molar refractivity (Wildman–Crippen MR) is 120 cm³/mol. The molecular formula is C23H21BrN2O4. The molecule has 0 atom stereocenters. The van der Waals surface area contributed by atoms with E-state index in [1.165, 1.54) is 0 Å². The first-order valence-corrected chi connectivity index (χ1v) is 9.91. The molecule has 7 heteroatoms. The number of nitrogens with one attached hydrogen (secondary N) is 1. The molecule has 0 fully saturated rings. The Labute approximate surface area is 183 Å². The summed E-state index contributed by atoms with van der Waals surface area (Å²) in [6, 6.07) is 20.1. The summed E-state index contributed by atoms with van der Waals surface area (Å²) in [7, 11) is 3.16. The van der Waals surface area contributed by atoms with Crippen LogP contribution in [-0.2, 0) is 6.61 Å². The smallest absolute Gasteiger partial charge is 0.271 e. The second-order valence-electron chi connectivity index (χ2n) is 6.25. The molecule has 0 aromatic heterocycles. The molecule has 0 spiro atoms. The van der Waals surface area contributed by atoms with Gasteiger partial charge in [0.05, 0.1) is 20.4 Å². The molecule has 0 saturated carbocycles. The summed E-state index contributed by atoms with van der Waals surface area (Å²) in [4.78, 5) is 12.2. The number of halogens is 1. The SMILES string of the molecule is COc1ccc(C(=O)N/N=C\c2ccc(OC)c(OCc3ccc(Br)cc3)c2)cc1. The predicted octanol–water partition coefficient (Wildman–Crippen LogP) is 4.81. The fourth-order valence-electron chi connectivity index (χ4n) is 2.60. The number of ether oxygens (including phenoxy) is 3. The van der Waals surface area contributed by atoms with Crippen LogP contribution < -0.4 is 19.6 Å². The maximum atomic E-state index is 12.2. The summed E-state index contributed by atoms with van der Waals surface area (Å²) in [5.74, 6) is 1.58. The summed E-state index contributed by atoms with van der Waals surface area (Å²) < 4.78 is 17.4. The van der Waals surface area contributed by atoms with Gasteiger partial charge in [0.25, 0.3) is 5.91 Å². The Balaban J connectivity index is 1.64. The van der Waals surface area contributed by atoms with Crippen LogP contribution in [0.2, 0.25) is 0 Å². The van der Waals surface area contributed by atoms with Gasteiger partial charge in [-0.05, 0) is 65.7 Å². The Bertz CT molecular complexity index is 1020. The van der Waals surface area contributed by atoms with E-state index in [1.807, 2.05) is 30.3 Å². The Morgan fingerprint density at radius 2 is 1.70 bits per heavy atom. The van der Waals surface area contributed by atoms with E-state index < -0.39 is 0 Å². The van der Waals surface area contributed by atoms with Crippen LogP contribution in [0.25, 0.3) is 0 Å². The van der Waals surface area contributed by atoms with Gasteiger partial charge in [-0.2, -0.15) is 5.10 Å². The third-order valence-electron chi connectivity index (χ3n) is 4.23. The molecule has 0 radical (unpaired) electrons. The first-order valence-electron chi connectivity index (χ1n) is 9.12. The highest BCUT2D eigenvalue weighted by atomic mass is 79.9. The van der Waals surface area contributed by atoms with Crippen LogP contribution in [0.4, 0.5) is 0 Å². The standard InChI is InChI=1S/C23H21BrN2O4/c1-28-20-10-6-18(7-11-20)23(27)26-25-14-17-5-12-21(29-2)22(13-17)30-15-16-3-8-19(24)9-4-16/h3-14H,15H2,1-2H3,(H,26,27)/b25-14-. The quantitative estimate of drug-likeness (QED) is 0.380. The van der Waals surface area contributed by atoms with Crippen molar-refractivity contribution in [2.75, 3.05) is 14.2 Å². The van der Waals surface area contributed by atoms with Crippen molar-refractivity contribution < 1.29 is 19.0 Å². The molecule has 0 aliphatic carbocycles. The normalized spacial score (nSPS) is 10.6. The first-order chi connectivity index (χ1) is 14.6. The van der Waals surface area contributed by atoms with E-state index in [0.29, 0.717) is 29.4 Å². The van der Waals surface area contributed by atoms with E-state index in [2.05, 4.69) is 26.5 Å². The van der Waals surface area contributed by atoms with Crippen LogP contribution in [0.3, 0.4) is 0 Å². The average Bonchev–Trinajstić information content (AvgIpc) is 2.78. The van der Waals surface area contributed by atoms with Crippen molar-refractivity contribution in [1.29, 1.82) is 0 Å². The summed E-state index contributed by atoms with van der Waals surface area (Å²) in [6.07, 6.45) is 1.55. The molecule has 0 unspecified atom stereocenters. The van der Waals surface area contributed by atoms with Crippen molar-refractivity contribution >= 4 is 28.1 Å². The van der Waals surface area contributed by atoms with Gasteiger partial charge in [0.15, 0.2) is 11.5 Å². The molecule has 30 heavy (non-hydrogen) atoms. The van der Waals surface area contributed by atoms with Gasteiger partial charge in [0.1, 0.15) is 12.4 Å². The third-order valence-corrected chi connectivity index (χ3v) is 4.76. The molecule has 0 aliphatic heterocycles. The van der Waals surface area contributed by atoms with Crippen molar-refractivity contribution in [2.45, 2.75) is 6.61 Å². The number of nitrogens with zero attached hydrogens (tertiary/aromatic N) is 1. The Morgan fingerprint density at radius 1 is 0.967 bits per heavy atom. The van der Waals surface area contributed by atoms with Gasteiger partial charge in [-0.15, -0.1) is 0 Å². The Kier molecular flexibility index (Phi) is 7.45. The Morgan fingerprint density at radius 3 is 2.37 bits per heavy atom. The van der Waals surface area contributed by atoms with Gasteiger partial charge in [0.2, 0.25) is 0 Å². The fourth-order valence-corrected chi connectivity index (χ4v) is 2.86. The summed E-state index contributed by atoms with van der Waals surface area (Å²) in [5.41, 5.74) is 4.79. The second kappa shape index (κ2) is 10.5. The molecule has 1 amide bonds. The van der Waals surface area contributed by atoms with Gasteiger partial charge in [0, 0.05) is 10.0 Å². The van der Waals surface area contributed by atoms with Gasteiger partial charge in [-0.3, -0.25) is 4.79 Å². The van der Waals surface area contributed by atoms with E-state index in [1.54, 1.807) is 56.8 Å². The maximum Gasteiger partial charge on any atom is 0.271 e. The number of hydrogen-bond donors (Lipinski definition) is 1. The molecule has 3 aromatic rings. The zero-order valence-corrected chi connectivity index (χ0v) is 18.2. The average molecular weight is 469 g/mol. The van der Waals surface area contributed by atoms with E-state index in [9.17, 15) is 4.79 Å². The molecule has 3 rings (SSSR count). The topological polar surface area (TPSA) is 69.2 Å². The maximum absolute atomic E-state index is 12.2. The van der Waals surface area contributed by atoms with Crippen LogP contribution in [0, 0.1) is 0 Å². The molecule has 1 N–H and O–H groups in total. The molecule has 6 nitrogen and oxygen atoms in total. The molecule has 0 bridgehead atoms. The minimum Gasteiger partial charge on any atom is -0.497 e. The Hall–Kier alpha value is -3.32. The lowest BCUT2D eigenvalue weighted by Gasteiger charge is -2.11. The van der Waals surface area contributed by atoms with Crippen molar-refractivity contribution in [2.24, 2.45) is 5.10 Å². The fraction of sp³-hybridized carbons (Fsp3) is 0.130. The highest BCUT2D eigenvalue weighted by molar-refractivity contribution is 9.10. The molecule has 3 aromatic carbocycles. The van der Waals surface area contributed by atoms with E-state index in [0.717, 1.165) is 15.6 Å². The van der Waals surface area contributed by atoms with Crippen molar-refractivity contribution in [3.63, 3.8) is 0 Å². The second-order valence-corrected chi connectivity index (χ2v) is 7.17. The van der Waals surface area contributed by atoms with E-state index in [-0.39, 0.29) is 5.91 Å². The monoisotopic (exact) mass is 468 g/mol. The number of amides is 1. The number of benzene rings is 3. The minimum absolute atomic E-state index is 0.311. The minimum atomic E-state index is -0.311. The lowest BCUT2D eigenvalue weighted by atomic mass is 10.2. The summed E-state index contributed by atoms with van der Waals surface area (Å²) >= 11 is 3.42. The molecule has 154 valence electrons. The number of carbonyl (C=O) groups excluding carboxylic acids is 1. The van der Waals surface area contributed by atoms with Crippen molar-refractivity contribution in [3.8, 4) is 17.2 Å². The largest absolute Gasteiger partial charge is 0.497 e. The van der Waals surface area contributed by atoms with Gasteiger partial charge in [-0.25, -0.2) is 5.43 Å². The van der Waals surface area contributed by atoms with Crippen molar-refractivity contribution in [3.05, 3.63) is 87.9 Å². The van der Waals surface area contributed by atoms with Crippen LogP contribution in [-0.4, -0.2) is 26.3 Å². The van der Waals surface area contributed by atoms with Crippen LogP contribution >= 0.6 is 15.9 Å². The highest BCUT2D eigenvalue weighted by Crippen LogP contribution is 2.28.